The molecule has 9 heteroatoms. The molecule has 1 aliphatic heterocycles. The van der Waals surface area contributed by atoms with E-state index in [1.807, 2.05) is 25.1 Å². The highest BCUT2D eigenvalue weighted by atomic mass is 79.9. The van der Waals surface area contributed by atoms with Crippen molar-refractivity contribution in [2.75, 3.05) is 11.5 Å². The number of aliphatic hydroxyl groups excluding tert-OH is 1. The molecule has 0 saturated carbocycles. The maximum Gasteiger partial charge on any atom is 0.302 e. The molecule has 1 aromatic heterocycles. The highest BCUT2D eigenvalue weighted by Crippen LogP contribution is 2.43. The number of aromatic hydroxyl groups is 1. The SMILES string of the molecule is CCOc1cc(C2/C(=C(\O)c3ccc(Br)cc3)C(=O)C(=O)N2c2nc3ccc(C)cc3[nH]2)ccc1O. The van der Waals surface area contributed by atoms with E-state index in [9.17, 15) is 19.8 Å². The number of H-pyrrole nitrogens is 1. The van der Waals surface area contributed by atoms with Gasteiger partial charge in [-0.25, -0.2) is 4.98 Å². The van der Waals surface area contributed by atoms with E-state index < -0.39 is 17.7 Å². The van der Waals surface area contributed by atoms with Crippen molar-refractivity contribution in [1.82, 2.24) is 9.97 Å². The van der Waals surface area contributed by atoms with Gasteiger partial charge in [-0.15, -0.1) is 0 Å². The fourth-order valence-electron chi connectivity index (χ4n) is 4.33. The summed E-state index contributed by atoms with van der Waals surface area (Å²) in [6.07, 6.45) is 0. The first kappa shape index (κ1) is 23.6. The third-order valence-electron chi connectivity index (χ3n) is 6.01. The Kier molecular flexibility index (Phi) is 6.01. The zero-order valence-corrected chi connectivity index (χ0v) is 21.0. The van der Waals surface area contributed by atoms with Crippen LogP contribution in [0.5, 0.6) is 11.5 Å². The summed E-state index contributed by atoms with van der Waals surface area (Å²) < 4.78 is 6.34. The summed E-state index contributed by atoms with van der Waals surface area (Å²) in [5.41, 5.74) is 3.10. The van der Waals surface area contributed by atoms with Crippen LogP contribution in [0.25, 0.3) is 16.8 Å². The van der Waals surface area contributed by atoms with Crippen molar-refractivity contribution >= 4 is 50.4 Å². The molecule has 1 atom stereocenters. The average molecular weight is 548 g/mol. The Labute approximate surface area is 215 Å². The first-order chi connectivity index (χ1) is 17.3. The number of hydrogen-bond acceptors (Lipinski definition) is 6. The quantitative estimate of drug-likeness (QED) is 0.176. The molecule has 0 radical (unpaired) electrons. The summed E-state index contributed by atoms with van der Waals surface area (Å²) in [4.78, 5) is 35.7. The van der Waals surface area contributed by atoms with E-state index in [0.717, 1.165) is 10.0 Å². The second-order valence-corrected chi connectivity index (χ2v) is 9.33. The number of halogens is 1. The van der Waals surface area contributed by atoms with Crippen molar-refractivity contribution in [3.8, 4) is 11.5 Å². The molecule has 5 rings (SSSR count). The maximum absolute atomic E-state index is 13.4. The van der Waals surface area contributed by atoms with Gasteiger partial charge in [0.25, 0.3) is 5.78 Å². The lowest BCUT2D eigenvalue weighted by molar-refractivity contribution is -0.132. The summed E-state index contributed by atoms with van der Waals surface area (Å²) in [6.45, 7) is 4.03. The lowest BCUT2D eigenvalue weighted by atomic mass is 9.95. The molecule has 1 saturated heterocycles. The molecular weight excluding hydrogens is 526 g/mol. The van der Waals surface area contributed by atoms with Gasteiger partial charge in [-0.2, -0.15) is 0 Å². The molecule has 4 aromatic rings. The van der Waals surface area contributed by atoms with Gasteiger partial charge in [0.05, 0.1) is 29.3 Å². The van der Waals surface area contributed by atoms with E-state index in [-0.39, 0.29) is 28.8 Å². The molecule has 1 aliphatic rings. The van der Waals surface area contributed by atoms with Crippen molar-refractivity contribution < 1.29 is 24.5 Å². The number of anilines is 1. The number of imidazole rings is 1. The second-order valence-electron chi connectivity index (χ2n) is 8.42. The smallest absolute Gasteiger partial charge is 0.302 e. The summed E-state index contributed by atoms with van der Waals surface area (Å²) >= 11 is 3.36. The predicted octanol–water partition coefficient (Wildman–Crippen LogP) is 5.36. The van der Waals surface area contributed by atoms with E-state index in [1.165, 1.54) is 11.0 Å². The number of hydrogen-bond donors (Lipinski definition) is 3. The normalized spacial score (nSPS) is 17.2. The Morgan fingerprint density at radius 2 is 1.86 bits per heavy atom. The van der Waals surface area contributed by atoms with Crippen molar-refractivity contribution in [2.24, 2.45) is 0 Å². The fraction of sp³-hybridized carbons (Fsp3) is 0.148. The van der Waals surface area contributed by atoms with Crippen LogP contribution in [0, 0.1) is 6.92 Å². The highest BCUT2D eigenvalue weighted by molar-refractivity contribution is 9.10. The third-order valence-corrected chi connectivity index (χ3v) is 6.54. The van der Waals surface area contributed by atoms with Gasteiger partial charge >= 0.3 is 5.91 Å². The number of amides is 1. The van der Waals surface area contributed by atoms with Gasteiger partial charge in [-0.3, -0.25) is 14.5 Å². The standard InChI is InChI=1S/C27H22BrN3O5/c1-3-36-21-13-16(7-11-20(21)32)23-22(24(33)15-5-8-17(28)9-6-15)25(34)26(35)31(23)27-29-18-10-4-14(2)12-19(18)30-27/h4-13,23,32-33H,3H2,1-2H3,(H,29,30)/b24-22+. The molecule has 0 bridgehead atoms. The van der Waals surface area contributed by atoms with E-state index in [2.05, 4.69) is 25.9 Å². The Balaban J connectivity index is 1.74. The largest absolute Gasteiger partial charge is 0.507 e. The van der Waals surface area contributed by atoms with Gasteiger partial charge in [0.2, 0.25) is 5.95 Å². The molecule has 2 heterocycles. The average Bonchev–Trinajstić information content (AvgIpc) is 3.38. The molecule has 3 aromatic carbocycles. The van der Waals surface area contributed by atoms with Gasteiger partial charge in [0.1, 0.15) is 5.76 Å². The number of aliphatic hydroxyl groups is 1. The third kappa shape index (κ3) is 4.01. The number of nitrogens with one attached hydrogen (secondary N) is 1. The minimum absolute atomic E-state index is 0.0790. The molecule has 8 nitrogen and oxygen atoms in total. The van der Waals surface area contributed by atoms with Crippen molar-refractivity contribution in [3.05, 3.63) is 87.4 Å². The number of fused-ring (bicyclic) bond motifs is 1. The Morgan fingerprint density at radius 1 is 1.11 bits per heavy atom. The van der Waals surface area contributed by atoms with Gasteiger partial charge in [-0.05, 0) is 61.4 Å². The molecule has 0 spiro atoms. The van der Waals surface area contributed by atoms with Crippen LogP contribution in [-0.2, 0) is 9.59 Å². The van der Waals surface area contributed by atoms with E-state index in [0.29, 0.717) is 28.8 Å². The second kappa shape index (κ2) is 9.16. The lowest BCUT2D eigenvalue weighted by Gasteiger charge is -2.23. The fourth-order valence-corrected chi connectivity index (χ4v) is 4.59. The van der Waals surface area contributed by atoms with Crippen molar-refractivity contribution in [2.45, 2.75) is 19.9 Å². The highest BCUT2D eigenvalue weighted by Gasteiger charge is 2.48. The van der Waals surface area contributed by atoms with E-state index >= 15 is 0 Å². The van der Waals surface area contributed by atoms with Gasteiger partial charge in [0, 0.05) is 10.0 Å². The minimum Gasteiger partial charge on any atom is -0.507 e. The number of phenolic OH excluding ortho intramolecular Hbond substituents is 1. The zero-order chi connectivity index (χ0) is 25.6. The summed E-state index contributed by atoms with van der Waals surface area (Å²) in [5.74, 6) is -1.70. The van der Waals surface area contributed by atoms with Crippen molar-refractivity contribution in [1.29, 1.82) is 0 Å². The number of nitrogens with zero attached hydrogens (tertiary/aromatic N) is 2. The van der Waals surface area contributed by atoms with Crippen LogP contribution < -0.4 is 9.64 Å². The Morgan fingerprint density at radius 3 is 2.58 bits per heavy atom. The number of carbonyl (C=O) groups is 2. The number of aromatic nitrogens is 2. The lowest BCUT2D eigenvalue weighted by Crippen LogP contribution is -2.30. The molecule has 3 N–H and O–H groups in total. The molecule has 182 valence electrons. The molecule has 0 aliphatic carbocycles. The first-order valence-electron chi connectivity index (χ1n) is 11.3. The van der Waals surface area contributed by atoms with Crippen LogP contribution in [0.4, 0.5) is 5.95 Å². The van der Waals surface area contributed by atoms with Gasteiger partial charge in [0.15, 0.2) is 11.5 Å². The van der Waals surface area contributed by atoms with Crippen molar-refractivity contribution in [3.63, 3.8) is 0 Å². The molecule has 36 heavy (non-hydrogen) atoms. The summed E-state index contributed by atoms with van der Waals surface area (Å²) in [5, 5.41) is 21.5. The van der Waals surface area contributed by atoms with Crippen LogP contribution in [-0.4, -0.2) is 38.5 Å². The van der Waals surface area contributed by atoms with Crippen LogP contribution in [0.3, 0.4) is 0 Å². The van der Waals surface area contributed by atoms with E-state index in [4.69, 9.17) is 4.74 Å². The molecular formula is C27H22BrN3O5. The number of ketones is 1. The van der Waals surface area contributed by atoms with Crippen LogP contribution in [0.2, 0.25) is 0 Å². The number of phenols is 1. The first-order valence-corrected chi connectivity index (χ1v) is 12.1. The monoisotopic (exact) mass is 547 g/mol. The zero-order valence-electron chi connectivity index (χ0n) is 19.4. The summed E-state index contributed by atoms with van der Waals surface area (Å²) in [7, 11) is 0. The topological polar surface area (TPSA) is 116 Å². The minimum atomic E-state index is -1.02. The Hall–Kier alpha value is -4.11. The molecule has 1 amide bonds. The number of aromatic amines is 1. The Bertz CT molecular complexity index is 1540. The number of rotatable bonds is 5. The molecule has 1 unspecified atom stereocenters. The van der Waals surface area contributed by atoms with Crippen LogP contribution in [0.15, 0.2) is 70.7 Å². The van der Waals surface area contributed by atoms with Gasteiger partial charge in [-0.1, -0.05) is 40.2 Å². The number of ether oxygens (including phenoxy) is 1. The maximum atomic E-state index is 13.4. The van der Waals surface area contributed by atoms with Crippen LogP contribution >= 0.6 is 15.9 Å². The predicted molar refractivity (Wildman–Crippen MR) is 139 cm³/mol. The number of Topliss-reactive ketones (excluding diaryl/α,β-unsaturated/α-hetero) is 1. The number of carbonyl (C=O) groups excluding carboxylic acids is 2. The number of benzene rings is 3. The molecule has 1 fully saturated rings. The number of aryl methyl sites for hydroxylation is 1. The van der Waals surface area contributed by atoms with Gasteiger partial charge < -0.3 is 19.9 Å². The summed E-state index contributed by atoms with van der Waals surface area (Å²) in [6, 6.07) is 15.9. The van der Waals surface area contributed by atoms with Crippen LogP contribution in [0.1, 0.15) is 29.7 Å². The van der Waals surface area contributed by atoms with E-state index in [1.54, 1.807) is 43.3 Å².